The number of anilines is 6. The first-order valence-electron chi connectivity index (χ1n) is 16.7. The lowest BCUT2D eigenvalue weighted by atomic mass is 10.0. The van der Waals surface area contributed by atoms with Crippen molar-refractivity contribution in [3.63, 3.8) is 0 Å². The summed E-state index contributed by atoms with van der Waals surface area (Å²) in [4.78, 5) is 44.5. The molecule has 0 spiro atoms. The maximum atomic E-state index is 13.9. The molecule has 2 fully saturated rings. The van der Waals surface area contributed by atoms with Gasteiger partial charge in [0.1, 0.15) is 23.1 Å². The van der Waals surface area contributed by atoms with Crippen molar-refractivity contribution < 1.29 is 31.2 Å². The molecule has 2 aromatic carbocycles. The standard InChI is InChI=1S/C34H38F3N11O4S/c1-46(53(2,51)52)31-28(38-13-14-39-31)20-40-30-25(34(35,36)37)19-41-33(45-30)42-23-7-9-24(10-8-23)48-17-15-47(16-18-48)21-22-5-3-4-6-26(22)43-27-11-12-29(49)44-32(27)50/h3-10,13-14,19,27,43H,11-12,15-18,20-21H2,1-2H3,(H,44,49,50)(H2,40,41,42,45). The van der Waals surface area contributed by atoms with E-state index in [9.17, 15) is 31.2 Å². The zero-order chi connectivity index (χ0) is 37.8. The average Bonchev–Trinajstić information content (AvgIpc) is 3.12. The van der Waals surface area contributed by atoms with Gasteiger partial charge in [0.15, 0.2) is 5.82 Å². The van der Waals surface area contributed by atoms with E-state index in [1.807, 2.05) is 36.4 Å². The molecule has 4 heterocycles. The first kappa shape index (κ1) is 37.2. The summed E-state index contributed by atoms with van der Waals surface area (Å²) in [7, 11) is -2.43. The molecule has 2 aliphatic heterocycles. The second-order valence-electron chi connectivity index (χ2n) is 12.6. The van der Waals surface area contributed by atoms with Gasteiger partial charge < -0.3 is 20.9 Å². The van der Waals surface area contributed by atoms with Crippen LogP contribution in [-0.2, 0) is 38.9 Å². The molecule has 0 saturated carbocycles. The second-order valence-corrected chi connectivity index (χ2v) is 14.6. The van der Waals surface area contributed by atoms with Gasteiger partial charge in [0.05, 0.1) is 12.8 Å². The molecule has 19 heteroatoms. The van der Waals surface area contributed by atoms with Crippen LogP contribution in [0.4, 0.5) is 47.8 Å². The number of nitrogens with zero attached hydrogens (tertiary/aromatic N) is 7. The van der Waals surface area contributed by atoms with Gasteiger partial charge in [-0.3, -0.25) is 29.1 Å². The van der Waals surface area contributed by atoms with Gasteiger partial charge in [-0.05, 0) is 42.3 Å². The number of piperazine rings is 1. The van der Waals surface area contributed by atoms with Crippen molar-refractivity contribution in [2.24, 2.45) is 0 Å². The number of nitrogens with one attached hydrogen (secondary N) is 4. The minimum atomic E-state index is -4.77. The van der Waals surface area contributed by atoms with Gasteiger partial charge in [-0.25, -0.2) is 18.4 Å². The normalized spacial score (nSPS) is 16.9. The molecule has 0 radical (unpaired) electrons. The Kier molecular flexibility index (Phi) is 10.9. The van der Waals surface area contributed by atoms with Gasteiger partial charge in [-0.2, -0.15) is 18.2 Å². The topological polar surface area (TPSA) is 178 Å². The number of rotatable bonds is 12. The molecule has 53 heavy (non-hydrogen) atoms. The van der Waals surface area contributed by atoms with Crippen LogP contribution in [0.15, 0.2) is 67.1 Å². The van der Waals surface area contributed by atoms with Crippen LogP contribution in [0.2, 0.25) is 0 Å². The SMILES string of the molecule is CN(c1nccnc1CNc1nc(Nc2ccc(N3CCN(Cc4ccccc4NC4CCC(=O)NC4=O)CC3)cc2)ncc1C(F)(F)F)S(C)(=O)=O. The molecule has 1 unspecified atom stereocenters. The van der Waals surface area contributed by atoms with Gasteiger partial charge in [-0.15, -0.1) is 0 Å². The summed E-state index contributed by atoms with van der Waals surface area (Å²) < 4.78 is 66.7. The third-order valence-electron chi connectivity index (χ3n) is 8.91. The number of benzene rings is 2. The summed E-state index contributed by atoms with van der Waals surface area (Å²) >= 11 is 0. The van der Waals surface area contributed by atoms with E-state index >= 15 is 0 Å². The number of alkyl halides is 3. The Morgan fingerprint density at radius 1 is 0.981 bits per heavy atom. The number of hydrogen-bond acceptors (Lipinski definition) is 13. The lowest BCUT2D eigenvalue weighted by Gasteiger charge is -2.36. The molecule has 0 bridgehead atoms. The number of imide groups is 1. The van der Waals surface area contributed by atoms with Crippen LogP contribution in [0.25, 0.3) is 0 Å². The minimum absolute atomic E-state index is 0.0327. The molecule has 2 amide bonds. The van der Waals surface area contributed by atoms with E-state index in [4.69, 9.17) is 0 Å². The van der Waals surface area contributed by atoms with Crippen molar-refractivity contribution in [2.45, 2.75) is 38.1 Å². The quantitative estimate of drug-likeness (QED) is 0.155. The number of carbonyl (C=O) groups is 2. The number of aromatic nitrogens is 4. The van der Waals surface area contributed by atoms with Crippen molar-refractivity contribution >= 4 is 56.5 Å². The lowest BCUT2D eigenvalue weighted by Crippen LogP contribution is -2.48. The van der Waals surface area contributed by atoms with Crippen LogP contribution in [0.1, 0.15) is 29.7 Å². The van der Waals surface area contributed by atoms with Crippen LogP contribution < -0.4 is 30.5 Å². The number of sulfonamides is 1. The first-order chi connectivity index (χ1) is 25.2. The molecular formula is C34H38F3N11O4S. The highest BCUT2D eigenvalue weighted by atomic mass is 32.2. The van der Waals surface area contributed by atoms with E-state index in [1.165, 1.54) is 19.4 Å². The van der Waals surface area contributed by atoms with Gasteiger partial charge in [0.25, 0.3) is 0 Å². The van der Waals surface area contributed by atoms with Gasteiger partial charge in [-0.1, -0.05) is 18.2 Å². The molecule has 0 aliphatic carbocycles. The van der Waals surface area contributed by atoms with E-state index in [2.05, 4.69) is 51.0 Å². The summed E-state index contributed by atoms with van der Waals surface area (Å²) in [6.07, 6.45) is 0.227. The predicted molar refractivity (Wildman–Crippen MR) is 193 cm³/mol. The highest BCUT2D eigenvalue weighted by Gasteiger charge is 2.35. The maximum absolute atomic E-state index is 13.9. The zero-order valence-corrected chi connectivity index (χ0v) is 29.7. The summed E-state index contributed by atoms with van der Waals surface area (Å²) in [6, 6.07) is 14.8. The molecule has 4 aromatic rings. The average molecular weight is 754 g/mol. The summed E-state index contributed by atoms with van der Waals surface area (Å²) in [5.41, 5.74) is 2.46. The Labute approximate surface area is 304 Å². The smallest absolute Gasteiger partial charge is 0.373 e. The van der Waals surface area contributed by atoms with E-state index < -0.39 is 33.6 Å². The number of carbonyl (C=O) groups excluding carboxylic acids is 2. The molecular weight excluding hydrogens is 716 g/mol. The van der Waals surface area contributed by atoms with Gasteiger partial charge in [0.2, 0.25) is 27.8 Å². The number of para-hydroxylation sites is 1. The van der Waals surface area contributed by atoms with Crippen LogP contribution in [0.3, 0.4) is 0 Å². The van der Waals surface area contributed by atoms with Gasteiger partial charge in [0, 0.05) is 81.8 Å². The molecule has 4 N–H and O–H groups in total. The highest BCUT2D eigenvalue weighted by Crippen LogP contribution is 2.35. The molecule has 15 nitrogen and oxygen atoms in total. The number of amides is 2. The second kappa shape index (κ2) is 15.6. The third-order valence-corrected chi connectivity index (χ3v) is 10.1. The molecule has 2 aromatic heterocycles. The third kappa shape index (κ3) is 9.28. The molecule has 2 aliphatic rings. The Morgan fingerprint density at radius 3 is 2.40 bits per heavy atom. The number of piperidine rings is 1. The van der Waals surface area contributed by atoms with Crippen LogP contribution in [-0.4, -0.2) is 90.6 Å². The Bertz CT molecular complexity index is 2060. The van der Waals surface area contributed by atoms with E-state index in [0.29, 0.717) is 31.3 Å². The fourth-order valence-corrected chi connectivity index (χ4v) is 6.43. The Hall–Kier alpha value is -5.56. The van der Waals surface area contributed by atoms with Crippen molar-refractivity contribution in [1.29, 1.82) is 0 Å². The van der Waals surface area contributed by atoms with Crippen LogP contribution >= 0.6 is 0 Å². The Balaban J connectivity index is 1.06. The first-order valence-corrected chi connectivity index (χ1v) is 18.5. The zero-order valence-electron chi connectivity index (χ0n) is 28.9. The maximum Gasteiger partial charge on any atom is 0.421 e. The van der Waals surface area contributed by atoms with Crippen molar-refractivity contribution in [1.82, 2.24) is 30.2 Å². The highest BCUT2D eigenvalue weighted by molar-refractivity contribution is 7.92. The van der Waals surface area contributed by atoms with E-state index in [1.54, 1.807) is 12.1 Å². The number of halogens is 3. The minimum Gasteiger partial charge on any atom is -0.373 e. The largest absolute Gasteiger partial charge is 0.421 e. The molecule has 280 valence electrons. The van der Waals surface area contributed by atoms with Crippen molar-refractivity contribution in [3.8, 4) is 0 Å². The van der Waals surface area contributed by atoms with Crippen molar-refractivity contribution in [3.05, 3.63) is 83.9 Å². The van der Waals surface area contributed by atoms with Gasteiger partial charge >= 0.3 is 6.18 Å². The molecule has 2 saturated heterocycles. The van der Waals surface area contributed by atoms with E-state index in [-0.39, 0.29) is 35.8 Å². The van der Waals surface area contributed by atoms with Crippen LogP contribution in [0, 0.1) is 0 Å². The predicted octanol–water partition coefficient (Wildman–Crippen LogP) is 3.58. The summed E-state index contributed by atoms with van der Waals surface area (Å²) in [5, 5.41) is 11.3. The van der Waals surface area contributed by atoms with Crippen molar-refractivity contribution in [2.75, 3.05) is 64.6 Å². The summed E-state index contributed by atoms with van der Waals surface area (Å²) in [6.45, 7) is 3.51. The lowest BCUT2D eigenvalue weighted by molar-refractivity contribution is -0.137. The fraction of sp³-hybridized carbons (Fsp3) is 0.353. The van der Waals surface area contributed by atoms with E-state index in [0.717, 1.165) is 53.7 Å². The monoisotopic (exact) mass is 753 g/mol. The summed E-state index contributed by atoms with van der Waals surface area (Å²) in [5.74, 6) is -1.20. The molecule has 1 atom stereocenters. The fourth-order valence-electron chi connectivity index (χ4n) is 5.96. The number of hydrogen-bond donors (Lipinski definition) is 4. The van der Waals surface area contributed by atoms with Crippen LogP contribution in [0.5, 0.6) is 0 Å². The molecule has 6 rings (SSSR count). The Morgan fingerprint density at radius 2 is 1.70 bits per heavy atom.